The average Bonchev–Trinajstić information content (AvgIpc) is 2.63. The van der Waals surface area contributed by atoms with Gasteiger partial charge in [0.05, 0.1) is 0 Å². The van der Waals surface area contributed by atoms with Gasteiger partial charge in [-0.1, -0.05) is 48.0 Å². The molecule has 0 radical (unpaired) electrons. The molecule has 3 heteroatoms. The van der Waals surface area contributed by atoms with Gasteiger partial charge in [-0.05, 0) is 37.4 Å². The summed E-state index contributed by atoms with van der Waals surface area (Å²) in [5.74, 6) is 0. The van der Waals surface area contributed by atoms with Crippen molar-refractivity contribution in [2.45, 2.75) is 37.4 Å². The summed E-state index contributed by atoms with van der Waals surface area (Å²) in [5, 5.41) is -0.318. The number of allylic oxidation sites excluding steroid dienone is 1. The molecule has 1 saturated heterocycles. The van der Waals surface area contributed by atoms with Gasteiger partial charge in [0.2, 0.25) is 0 Å². The van der Waals surface area contributed by atoms with Crippen LogP contribution >= 0.6 is 11.6 Å². The molecule has 3 rings (SSSR count). The number of rotatable bonds is 2. The van der Waals surface area contributed by atoms with E-state index in [-0.39, 0.29) is 5.12 Å². The van der Waals surface area contributed by atoms with Crippen LogP contribution < -0.4 is 0 Å². The minimum absolute atomic E-state index is 0.318. The van der Waals surface area contributed by atoms with Crippen molar-refractivity contribution in [3.63, 3.8) is 0 Å². The lowest BCUT2D eigenvalue weighted by Crippen LogP contribution is -2.58. The zero-order valence-electron chi connectivity index (χ0n) is 11.3. The fraction of sp³-hybridized carbons (Fsp3) is 0.500. The van der Waals surface area contributed by atoms with Crippen molar-refractivity contribution in [2.24, 2.45) is 0 Å². The van der Waals surface area contributed by atoms with Crippen LogP contribution in [0.3, 0.4) is 0 Å². The van der Waals surface area contributed by atoms with Crippen LogP contribution in [0.1, 0.15) is 31.2 Å². The highest BCUT2D eigenvalue weighted by atomic mass is 35.5. The Morgan fingerprint density at radius 3 is 2.79 bits per heavy atom. The summed E-state index contributed by atoms with van der Waals surface area (Å²) in [5.41, 5.74) is 1.35. The van der Waals surface area contributed by atoms with Crippen molar-refractivity contribution < 1.29 is 0 Å². The van der Waals surface area contributed by atoms with Crippen molar-refractivity contribution >= 4 is 11.6 Å². The van der Waals surface area contributed by atoms with E-state index in [2.05, 4.69) is 52.4 Å². The number of fused-ring (bicyclic) bond motifs is 1. The van der Waals surface area contributed by atoms with Gasteiger partial charge in [-0.2, -0.15) is 0 Å². The molecule has 0 spiro atoms. The lowest BCUT2D eigenvalue weighted by atomic mass is 10.1. The van der Waals surface area contributed by atoms with Crippen LogP contribution in [0, 0.1) is 0 Å². The van der Waals surface area contributed by atoms with Gasteiger partial charge in [-0.15, -0.1) is 0 Å². The fourth-order valence-corrected chi connectivity index (χ4v) is 3.52. The van der Waals surface area contributed by atoms with Crippen LogP contribution in [0.4, 0.5) is 0 Å². The molecular weight excluding hydrogens is 256 g/mol. The largest absolute Gasteiger partial charge is 0.347 e. The first kappa shape index (κ1) is 13.0. The van der Waals surface area contributed by atoms with Crippen LogP contribution in [0.2, 0.25) is 0 Å². The van der Waals surface area contributed by atoms with E-state index in [0.29, 0.717) is 0 Å². The number of hydrogen-bond donors (Lipinski definition) is 0. The molecule has 2 aliphatic rings. The Kier molecular flexibility index (Phi) is 3.81. The standard InChI is InChI=1S/C16H21ClN2/c17-16-10-5-2-6-11-18(16)12-7-13-19(16)14-15-8-3-1-4-9-15/h1,3-4,6,8-9,11H,2,5,7,10,12-14H2. The molecule has 19 heavy (non-hydrogen) atoms. The third kappa shape index (κ3) is 2.65. The number of alkyl halides is 1. The highest BCUT2D eigenvalue weighted by Gasteiger charge is 2.41. The Balaban J connectivity index is 1.81. The Bertz CT molecular complexity index is 445. The summed E-state index contributed by atoms with van der Waals surface area (Å²) in [6.45, 7) is 3.10. The average molecular weight is 277 g/mol. The first-order valence-corrected chi connectivity index (χ1v) is 7.58. The number of benzene rings is 1. The van der Waals surface area contributed by atoms with Crippen LogP contribution in [0.5, 0.6) is 0 Å². The summed E-state index contributed by atoms with van der Waals surface area (Å²) >= 11 is 7.00. The third-order valence-corrected chi connectivity index (χ3v) is 4.76. The number of halogens is 1. The minimum Gasteiger partial charge on any atom is -0.347 e. The second-order valence-electron chi connectivity index (χ2n) is 5.45. The Hall–Kier alpha value is -0.990. The second kappa shape index (κ2) is 5.56. The molecule has 1 aromatic rings. The minimum atomic E-state index is -0.318. The molecule has 1 fully saturated rings. The van der Waals surface area contributed by atoms with E-state index in [4.69, 9.17) is 11.6 Å². The molecule has 2 nitrogen and oxygen atoms in total. The van der Waals surface area contributed by atoms with Crippen molar-refractivity contribution in [3.05, 3.63) is 48.2 Å². The maximum absolute atomic E-state index is 7.00. The van der Waals surface area contributed by atoms with E-state index in [1.165, 1.54) is 18.4 Å². The topological polar surface area (TPSA) is 6.48 Å². The summed E-state index contributed by atoms with van der Waals surface area (Å²) in [6.07, 6.45) is 9.00. The van der Waals surface area contributed by atoms with Gasteiger partial charge in [0, 0.05) is 19.6 Å². The van der Waals surface area contributed by atoms with Crippen LogP contribution in [-0.4, -0.2) is 28.0 Å². The smallest absolute Gasteiger partial charge is 0.171 e. The van der Waals surface area contributed by atoms with Crippen molar-refractivity contribution in [3.8, 4) is 0 Å². The quantitative estimate of drug-likeness (QED) is 0.599. The summed E-state index contributed by atoms with van der Waals surface area (Å²) < 4.78 is 0. The first-order chi connectivity index (χ1) is 9.29. The fourth-order valence-electron chi connectivity index (χ4n) is 3.10. The molecule has 0 bridgehead atoms. The lowest BCUT2D eigenvalue weighted by Gasteiger charge is -2.49. The first-order valence-electron chi connectivity index (χ1n) is 7.20. The van der Waals surface area contributed by atoms with E-state index in [0.717, 1.165) is 32.5 Å². The van der Waals surface area contributed by atoms with E-state index in [1.807, 2.05) is 0 Å². The maximum Gasteiger partial charge on any atom is 0.171 e. The van der Waals surface area contributed by atoms with Crippen LogP contribution in [0.25, 0.3) is 0 Å². The van der Waals surface area contributed by atoms with Crippen LogP contribution in [0.15, 0.2) is 42.6 Å². The zero-order valence-corrected chi connectivity index (χ0v) is 12.0. The van der Waals surface area contributed by atoms with Gasteiger partial charge in [0.1, 0.15) is 0 Å². The molecule has 0 N–H and O–H groups in total. The maximum atomic E-state index is 7.00. The Morgan fingerprint density at radius 1 is 1.11 bits per heavy atom. The number of nitrogens with zero attached hydrogens (tertiary/aromatic N) is 2. The molecule has 102 valence electrons. The van der Waals surface area contributed by atoms with Gasteiger partial charge < -0.3 is 4.90 Å². The molecule has 1 unspecified atom stereocenters. The number of hydrogen-bond acceptors (Lipinski definition) is 2. The molecule has 0 saturated carbocycles. The lowest BCUT2D eigenvalue weighted by molar-refractivity contribution is -0.00919. The zero-order chi connectivity index (χ0) is 13.1. The van der Waals surface area contributed by atoms with E-state index < -0.39 is 0 Å². The van der Waals surface area contributed by atoms with Crippen molar-refractivity contribution in [1.29, 1.82) is 0 Å². The van der Waals surface area contributed by atoms with E-state index >= 15 is 0 Å². The predicted octanol–water partition coefficient (Wildman–Crippen LogP) is 3.78. The molecular formula is C16H21ClN2. The van der Waals surface area contributed by atoms with Gasteiger partial charge in [0.25, 0.3) is 0 Å². The SMILES string of the molecule is ClC12CCCC=CN1CCCN2Cc1ccccc1. The molecule has 2 heterocycles. The Morgan fingerprint density at radius 2 is 1.95 bits per heavy atom. The predicted molar refractivity (Wildman–Crippen MR) is 79.8 cm³/mol. The molecule has 1 aromatic carbocycles. The second-order valence-corrected chi connectivity index (χ2v) is 6.06. The molecule has 0 amide bonds. The van der Waals surface area contributed by atoms with Crippen molar-refractivity contribution in [2.75, 3.05) is 13.1 Å². The highest BCUT2D eigenvalue weighted by Crippen LogP contribution is 2.37. The highest BCUT2D eigenvalue weighted by molar-refractivity contribution is 6.23. The van der Waals surface area contributed by atoms with Crippen LogP contribution in [-0.2, 0) is 6.54 Å². The van der Waals surface area contributed by atoms with E-state index in [1.54, 1.807) is 0 Å². The monoisotopic (exact) mass is 276 g/mol. The van der Waals surface area contributed by atoms with Crippen molar-refractivity contribution in [1.82, 2.24) is 9.80 Å². The van der Waals surface area contributed by atoms with Gasteiger partial charge in [-0.3, -0.25) is 4.90 Å². The normalized spacial score (nSPS) is 27.9. The molecule has 0 aliphatic carbocycles. The summed E-state index contributed by atoms with van der Waals surface area (Å²) in [7, 11) is 0. The summed E-state index contributed by atoms with van der Waals surface area (Å²) in [4.78, 5) is 4.76. The Labute approximate surface area is 120 Å². The molecule has 1 atom stereocenters. The molecule has 0 aromatic heterocycles. The van der Waals surface area contributed by atoms with Gasteiger partial charge >= 0.3 is 0 Å². The van der Waals surface area contributed by atoms with Gasteiger partial charge in [0.15, 0.2) is 5.12 Å². The van der Waals surface area contributed by atoms with E-state index in [9.17, 15) is 0 Å². The summed E-state index contributed by atoms with van der Waals surface area (Å²) in [6, 6.07) is 10.6. The van der Waals surface area contributed by atoms with Gasteiger partial charge in [-0.25, -0.2) is 0 Å². The molecule has 2 aliphatic heterocycles. The third-order valence-electron chi connectivity index (χ3n) is 4.12.